The second kappa shape index (κ2) is 5.96. The van der Waals surface area contributed by atoms with E-state index in [1.807, 2.05) is 6.08 Å². The molecule has 0 saturated carbocycles. The first-order valence-electron chi connectivity index (χ1n) is 3.90. The fraction of sp³-hybridized carbons (Fsp3) is 0.667. The minimum Gasteiger partial charge on any atom is -0.469 e. The molecule has 0 aromatic rings. The Labute approximate surface area is 68.2 Å². The number of rotatable bonds is 4. The predicted molar refractivity (Wildman–Crippen MR) is 45.2 cm³/mol. The third-order valence-electron chi connectivity index (χ3n) is 1.26. The van der Waals surface area contributed by atoms with Crippen LogP contribution in [0.1, 0.15) is 26.7 Å². The van der Waals surface area contributed by atoms with Gasteiger partial charge in [0, 0.05) is 6.42 Å². The van der Waals surface area contributed by atoms with Gasteiger partial charge in [-0.05, 0) is 12.3 Å². The molecule has 0 radical (unpaired) electrons. The van der Waals surface area contributed by atoms with Crippen LogP contribution in [0.5, 0.6) is 0 Å². The second-order valence-electron chi connectivity index (χ2n) is 2.79. The van der Waals surface area contributed by atoms with Crippen molar-refractivity contribution in [3.63, 3.8) is 0 Å². The smallest absolute Gasteiger partial charge is 0.305 e. The van der Waals surface area contributed by atoms with Gasteiger partial charge in [-0.3, -0.25) is 4.79 Å². The first-order valence-corrected chi connectivity index (χ1v) is 3.90. The molecule has 2 nitrogen and oxygen atoms in total. The molecule has 11 heavy (non-hydrogen) atoms. The molecule has 64 valence electrons. The topological polar surface area (TPSA) is 26.3 Å². The molecule has 0 heterocycles. The largest absolute Gasteiger partial charge is 0.469 e. The molecule has 0 saturated heterocycles. The maximum atomic E-state index is 10.6. The van der Waals surface area contributed by atoms with E-state index in [0.29, 0.717) is 12.3 Å². The highest BCUT2D eigenvalue weighted by Gasteiger charge is 1.95. The van der Waals surface area contributed by atoms with Crippen LogP contribution in [0.3, 0.4) is 0 Å². The number of methoxy groups -OCH3 is 1. The van der Waals surface area contributed by atoms with E-state index in [-0.39, 0.29) is 5.97 Å². The fourth-order valence-corrected chi connectivity index (χ4v) is 0.672. The van der Waals surface area contributed by atoms with Gasteiger partial charge in [-0.25, -0.2) is 0 Å². The Morgan fingerprint density at radius 2 is 2.18 bits per heavy atom. The van der Waals surface area contributed by atoms with Crippen LogP contribution in [-0.4, -0.2) is 13.1 Å². The van der Waals surface area contributed by atoms with Gasteiger partial charge in [0.05, 0.1) is 7.11 Å². The predicted octanol–water partition coefficient (Wildman–Crippen LogP) is 2.15. The lowest BCUT2D eigenvalue weighted by Gasteiger charge is -1.95. The summed E-state index contributed by atoms with van der Waals surface area (Å²) in [5.74, 6) is 0.422. The zero-order valence-corrected chi connectivity index (χ0v) is 7.46. The summed E-state index contributed by atoms with van der Waals surface area (Å²) in [7, 11) is 1.41. The normalized spacial score (nSPS) is 10.9. The molecule has 0 atom stereocenters. The summed E-state index contributed by atoms with van der Waals surface area (Å²) in [6.45, 7) is 4.21. The van der Waals surface area contributed by atoms with Crippen molar-refractivity contribution in [3.8, 4) is 0 Å². The van der Waals surface area contributed by atoms with E-state index in [2.05, 4.69) is 24.7 Å². The average molecular weight is 156 g/mol. The summed E-state index contributed by atoms with van der Waals surface area (Å²) in [6, 6.07) is 0. The summed E-state index contributed by atoms with van der Waals surface area (Å²) in [6.07, 6.45) is 5.37. The lowest BCUT2D eigenvalue weighted by molar-refractivity contribution is -0.140. The van der Waals surface area contributed by atoms with Crippen LogP contribution in [0.15, 0.2) is 12.2 Å². The monoisotopic (exact) mass is 156 g/mol. The van der Waals surface area contributed by atoms with Crippen LogP contribution in [0.4, 0.5) is 0 Å². The molecule has 0 bridgehead atoms. The third-order valence-corrected chi connectivity index (χ3v) is 1.26. The molecule has 0 aromatic heterocycles. The lowest BCUT2D eigenvalue weighted by Crippen LogP contribution is -1.98. The van der Waals surface area contributed by atoms with Crippen molar-refractivity contribution >= 4 is 5.97 Å². The second-order valence-corrected chi connectivity index (χ2v) is 2.79. The maximum Gasteiger partial charge on any atom is 0.305 e. The number of hydrogen-bond donors (Lipinski definition) is 0. The highest BCUT2D eigenvalue weighted by Crippen LogP contribution is 1.98. The Hall–Kier alpha value is -0.790. The van der Waals surface area contributed by atoms with Crippen LogP contribution in [0, 0.1) is 5.92 Å². The molecule has 2 heteroatoms. The quantitative estimate of drug-likeness (QED) is 0.460. The number of hydrogen-bond acceptors (Lipinski definition) is 2. The van der Waals surface area contributed by atoms with Crippen molar-refractivity contribution in [1.29, 1.82) is 0 Å². The first kappa shape index (κ1) is 10.2. The summed E-state index contributed by atoms with van der Waals surface area (Å²) in [5, 5.41) is 0. The molecule has 0 unspecified atom stereocenters. The van der Waals surface area contributed by atoms with E-state index < -0.39 is 0 Å². The Balaban J connectivity index is 3.34. The molecule has 0 aliphatic carbocycles. The van der Waals surface area contributed by atoms with Crippen molar-refractivity contribution in [1.82, 2.24) is 0 Å². The van der Waals surface area contributed by atoms with Crippen molar-refractivity contribution in [2.75, 3.05) is 7.11 Å². The molecule has 0 fully saturated rings. The van der Waals surface area contributed by atoms with Crippen LogP contribution < -0.4 is 0 Å². The average Bonchev–Trinajstić information content (AvgIpc) is 1.97. The number of ether oxygens (including phenoxy) is 1. The van der Waals surface area contributed by atoms with E-state index >= 15 is 0 Å². The molecule has 0 N–H and O–H groups in total. The third kappa shape index (κ3) is 7.10. The summed E-state index contributed by atoms with van der Waals surface area (Å²) < 4.78 is 4.48. The minimum absolute atomic E-state index is 0.140. The van der Waals surface area contributed by atoms with E-state index in [0.717, 1.165) is 6.42 Å². The fourth-order valence-electron chi connectivity index (χ4n) is 0.672. The van der Waals surface area contributed by atoms with E-state index in [9.17, 15) is 4.79 Å². The minimum atomic E-state index is -0.140. The van der Waals surface area contributed by atoms with Crippen LogP contribution >= 0.6 is 0 Å². The molecule has 0 spiro atoms. The first-order chi connectivity index (χ1) is 5.16. The Bertz CT molecular complexity index is 136. The van der Waals surface area contributed by atoms with Gasteiger partial charge in [0.1, 0.15) is 0 Å². The standard InChI is InChI=1S/C9H16O2/c1-8(2)6-4-5-7-9(10)11-3/h4,6,8H,5,7H2,1-3H3/b6-4-. The molecular weight excluding hydrogens is 140 g/mol. The van der Waals surface area contributed by atoms with Gasteiger partial charge >= 0.3 is 5.97 Å². The van der Waals surface area contributed by atoms with Gasteiger partial charge in [-0.15, -0.1) is 0 Å². The zero-order chi connectivity index (χ0) is 8.69. The van der Waals surface area contributed by atoms with Gasteiger partial charge in [0.25, 0.3) is 0 Å². The molecule has 0 amide bonds. The van der Waals surface area contributed by atoms with E-state index in [1.54, 1.807) is 0 Å². The Morgan fingerprint density at radius 3 is 2.64 bits per heavy atom. The van der Waals surface area contributed by atoms with Crippen molar-refractivity contribution < 1.29 is 9.53 Å². The number of allylic oxidation sites excluding steroid dienone is 2. The molecule has 0 aliphatic rings. The zero-order valence-electron chi connectivity index (χ0n) is 7.46. The lowest BCUT2D eigenvalue weighted by atomic mass is 10.2. The molecule has 0 aliphatic heterocycles. The van der Waals surface area contributed by atoms with E-state index in [1.165, 1.54) is 7.11 Å². The van der Waals surface area contributed by atoms with Crippen LogP contribution in [0.25, 0.3) is 0 Å². The van der Waals surface area contributed by atoms with Gasteiger partial charge in [0.15, 0.2) is 0 Å². The van der Waals surface area contributed by atoms with E-state index in [4.69, 9.17) is 0 Å². The number of carbonyl (C=O) groups is 1. The summed E-state index contributed by atoms with van der Waals surface area (Å²) in [5.41, 5.74) is 0. The van der Waals surface area contributed by atoms with Gasteiger partial charge in [-0.1, -0.05) is 26.0 Å². The highest BCUT2D eigenvalue weighted by molar-refractivity contribution is 5.69. The highest BCUT2D eigenvalue weighted by atomic mass is 16.5. The SMILES string of the molecule is COC(=O)CC/C=C\C(C)C. The number of carbonyl (C=O) groups excluding carboxylic acids is 1. The summed E-state index contributed by atoms with van der Waals surface area (Å²) >= 11 is 0. The van der Waals surface area contributed by atoms with Gasteiger partial charge < -0.3 is 4.74 Å². The Kier molecular flexibility index (Phi) is 5.53. The van der Waals surface area contributed by atoms with Gasteiger partial charge in [-0.2, -0.15) is 0 Å². The molecular formula is C9H16O2. The number of esters is 1. The molecule has 0 rings (SSSR count). The van der Waals surface area contributed by atoms with Crippen molar-refractivity contribution in [2.45, 2.75) is 26.7 Å². The van der Waals surface area contributed by atoms with Gasteiger partial charge in [0.2, 0.25) is 0 Å². The van der Waals surface area contributed by atoms with Crippen LogP contribution in [0.2, 0.25) is 0 Å². The Morgan fingerprint density at radius 1 is 1.55 bits per heavy atom. The van der Waals surface area contributed by atoms with Crippen LogP contribution in [-0.2, 0) is 9.53 Å². The molecule has 0 aromatic carbocycles. The summed E-state index contributed by atoms with van der Waals surface area (Å²) in [4.78, 5) is 10.6. The van der Waals surface area contributed by atoms with Crippen molar-refractivity contribution in [3.05, 3.63) is 12.2 Å². The van der Waals surface area contributed by atoms with Crippen molar-refractivity contribution in [2.24, 2.45) is 5.92 Å². The maximum absolute atomic E-state index is 10.6.